The zero-order valence-corrected chi connectivity index (χ0v) is 8.68. The van der Waals surface area contributed by atoms with Gasteiger partial charge in [0.2, 0.25) is 0 Å². The molecule has 0 saturated carbocycles. The lowest BCUT2D eigenvalue weighted by Crippen LogP contribution is -2.31. The molecular formula is C10H8F5NO. The first-order valence-electron chi connectivity index (χ1n) is 4.51. The Balaban J connectivity index is 2.97. The lowest BCUT2D eigenvalue weighted by molar-refractivity contribution is 0.0619. The van der Waals surface area contributed by atoms with Gasteiger partial charge in [0.1, 0.15) is 0 Å². The molecule has 1 rings (SSSR count). The number of hydrogen-bond donors (Lipinski definition) is 0. The van der Waals surface area contributed by atoms with Crippen LogP contribution in [0.2, 0.25) is 0 Å². The molecule has 0 saturated heterocycles. The van der Waals surface area contributed by atoms with Crippen molar-refractivity contribution in [1.29, 1.82) is 0 Å². The second kappa shape index (κ2) is 5.11. The molecule has 0 atom stereocenters. The summed E-state index contributed by atoms with van der Waals surface area (Å²) in [7, 11) is 1.05. The zero-order valence-electron chi connectivity index (χ0n) is 8.68. The van der Waals surface area contributed by atoms with Crippen LogP contribution in [0.25, 0.3) is 0 Å². The third-order valence-electron chi connectivity index (χ3n) is 1.99. The van der Waals surface area contributed by atoms with Crippen LogP contribution in [0.3, 0.4) is 0 Å². The van der Waals surface area contributed by atoms with Crippen LogP contribution in [-0.2, 0) is 0 Å². The van der Waals surface area contributed by atoms with Crippen LogP contribution in [-0.4, -0.2) is 30.8 Å². The lowest BCUT2D eigenvalue weighted by atomic mass is 10.2. The highest BCUT2D eigenvalue weighted by molar-refractivity contribution is 5.94. The van der Waals surface area contributed by atoms with E-state index in [1.807, 2.05) is 0 Å². The Morgan fingerprint density at radius 3 is 2.12 bits per heavy atom. The van der Waals surface area contributed by atoms with Gasteiger partial charge in [0.15, 0.2) is 17.5 Å². The minimum atomic E-state index is -2.76. The fourth-order valence-electron chi connectivity index (χ4n) is 1.19. The zero-order chi connectivity index (χ0) is 13.2. The Bertz CT molecular complexity index is 412. The highest BCUT2D eigenvalue weighted by atomic mass is 19.3. The quantitative estimate of drug-likeness (QED) is 0.598. The largest absolute Gasteiger partial charge is 0.336 e. The molecule has 0 spiro atoms. The molecule has 2 nitrogen and oxygen atoms in total. The normalized spacial score (nSPS) is 10.8. The molecule has 0 aliphatic carbocycles. The van der Waals surface area contributed by atoms with Gasteiger partial charge in [-0.15, -0.1) is 0 Å². The Labute approximate surface area is 93.6 Å². The van der Waals surface area contributed by atoms with E-state index in [-0.39, 0.29) is 0 Å². The molecular weight excluding hydrogens is 245 g/mol. The van der Waals surface area contributed by atoms with E-state index in [9.17, 15) is 26.7 Å². The van der Waals surface area contributed by atoms with Crippen molar-refractivity contribution in [2.45, 2.75) is 6.43 Å². The number of carbonyl (C=O) groups is 1. The predicted molar refractivity (Wildman–Crippen MR) is 49.3 cm³/mol. The summed E-state index contributed by atoms with van der Waals surface area (Å²) >= 11 is 0. The number of hydrogen-bond acceptors (Lipinski definition) is 1. The highest BCUT2D eigenvalue weighted by Crippen LogP contribution is 2.15. The summed E-state index contributed by atoms with van der Waals surface area (Å²) in [6, 6.07) is 0.922. The Morgan fingerprint density at radius 2 is 1.71 bits per heavy atom. The molecule has 0 N–H and O–H groups in total. The van der Waals surface area contributed by atoms with Crippen molar-refractivity contribution in [2.24, 2.45) is 0 Å². The fourth-order valence-corrected chi connectivity index (χ4v) is 1.19. The van der Waals surface area contributed by atoms with E-state index in [1.54, 1.807) is 0 Å². The smallest absolute Gasteiger partial charge is 0.255 e. The van der Waals surface area contributed by atoms with E-state index in [0.29, 0.717) is 17.0 Å². The van der Waals surface area contributed by atoms with E-state index in [0.717, 1.165) is 7.05 Å². The van der Waals surface area contributed by atoms with Crippen LogP contribution >= 0.6 is 0 Å². The second-order valence-corrected chi connectivity index (χ2v) is 3.33. The summed E-state index contributed by atoms with van der Waals surface area (Å²) in [5.74, 6) is -5.81. The fraction of sp³-hybridized carbons (Fsp3) is 0.300. The van der Waals surface area contributed by atoms with Crippen molar-refractivity contribution in [3.63, 3.8) is 0 Å². The number of amides is 1. The summed E-state index contributed by atoms with van der Waals surface area (Å²) in [6.45, 7) is -0.876. The third kappa shape index (κ3) is 3.15. The van der Waals surface area contributed by atoms with Crippen LogP contribution in [0, 0.1) is 17.5 Å². The van der Waals surface area contributed by atoms with Crippen molar-refractivity contribution in [2.75, 3.05) is 13.6 Å². The van der Waals surface area contributed by atoms with Crippen molar-refractivity contribution in [1.82, 2.24) is 4.90 Å². The number of alkyl halides is 2. The highest BCUT2D eigenvalue weighted by Gasteiger charge is 2.19. The summed E-state index contributed by atoms with van der Waals surface area (Å²) in [4.78, 5) is 12.0. The Morgan fingerprint density at radius 1 is 1.24 bits per heavy atom. The average molecular weight is 253 g/mol. The second-order valence-electron chi connectivity index (χ2n) is 3.33. The number of rotatable bonds is 3. The Hall–Kier alpha value is -1.66. The first kappa shape index (κ1) is 13.4. The molecule has 0 radical (unpaired) electrons. The van der Waals surface area contributed by atoms with Gasteiger partial charge >= 0.3 is 0 Å². The first-order chi connectivity index (χ1) is 7.82. The van der Waals surface area contributed by atoms with Crippen molar-refractivity contribution in [3.8, 4) is 0 Å². The van der Waals surface area contributed by atoms with Gasteiger partial charge in [-0.1, -0.05) is 0 Å². The number of benzene rings is 1. The minimum Gasteiger partial charge on any atom is -0.336 e. The lowest BCUT2D eigenvalue weighted by Gasteiger charge is -2.16. The molecule has 0 aliphatic rings. The van der Waals surface area contributed by atoms with Gasteiger partial charge in [0.05, 0.1) is 6.54 Å². The van der Waals surface area contributed by atoms with Gasteiger partial charge in [-0.25, -0.2) is 22.0 Å². The summed E-state index contributed by atoms with van der Waals surface area (Å²) in [5, 5.41) is 0. The van der Waals surface area contributed by atoms with Crippen LogP contribution < -0.4 is 0 Å². The molecule has 94 valence electrons. The van der Waals surface area contributed by atoms with Gasteiger partial charge in [0, 0.05) is 12.6 Å². The Kier molecular flexibility index (Phi) is 4.03. The molecule has 1 aromatic carbocycles. The average Bonchev–Trinajstić information content (AvgIpc) is 2.23. The van der Waals surface area contributed by atoms with E-state index < -0.39 is 41.9 Å². The maximum Gasteiger partial charge on any atom is 0.255 e. The topological polar surface area (TPSA) is 20.3 Å². The predicted octanol–water partition coefficient (Wildman–Crippen LogP) is 2.44. The monoisotopic (exact) mass is 253 g/mol. The summed E-state index contributed by atoms with van der Waals surface area (Å²) < 4.78 is 62.1. The maximum absolute atomic E-state index is 12.8. The molecule has 1 amide bonds. The summed E-state index contributed by atoms with van der Waals surface area (Å²) in [6.07, 6.45) is -2.76. The molecule has 0 fully saturated rings. The standard InChI is InChI=1S/C10H8F5NO/c1-16(4-8(13)14)10(17)5-2-6(11)9(15)7(12)3-5/h2-3,8H,4H2,1H3. The van der Waals surface area contributed by atoms with Gasteiger partial charge in [0.25, 0.3) is 12.3 Å². The van der Waals surface area contributed by atoms with Crippen molar-refractivity contribution in [3.05, 3.63) is 35.1 Å². The van der Waals surface area contributed by atoms with E-state index in [1.165, 1.54) is 0 Å². The molecule has 0 aromatic heterocycles. The van der Waals surface area contributed by atoms with Crippen LogP contribution in [0.15, 0.2) is 12.1 Å². The number of nitrogens with zero attached hydrogens (tertiary/aromatic N) is 1. The van der Waals surface area contributed by atoms with Crippen molar-refractivity contribution < 1.29 is 26.7 Å². The molecule has 1 aromatic rings. The van der Waals surface area contributed by atoms with Crippen LogP contribution in [0.4, 0.5) is 22.0 Å². The van der Waals surface area contributed by atoms with E-state index in [4.69, 9.17) is 0 Å². The molecule has 0 heterocycles. The molecule has 0 bridgehead atoms. The maximum atomic E-state index is 12.8. The van der Waals surface area contributed by atoms with Crippen LogP contribution in [0.5, 0.6) is 0 Å². The number of carbonyl (C=O) groups excluding carboxylic acids is 1. The minimum absolute atomic E-state index is 0.461. The molecule has 7 heteroatoms. The van der Waals surface area contributed by atoms with Crippen LogP contribution in [0.1, 0.15) is 10.4 Å². The van der Waals surface area contributed by atoms with E-state index >= 15 is 0 Å². The third-order valence-corrected chi connectivity index (χ3v) is 1.99. The van der Waals surface area contributed by atoms with Crippen molar-refractivity contribution >= 4 is 5.91 Å². The summed E-state index contributed by atoms with van der Waals surface area (Å²) in [5.41, 5.74) is -0.524. The van der Waals surface area contributed by atoms with Gasteiger partial charge in [-0.2, -0.15) is 0 Å². The van der Waals surface area contributed by atoms with E-state index in [2.05, 4.69) is 0 Å². The molecule has 0 unspecified atom stereocenters. The van der Waals surface area contributed by atoms with Gasteiger partial charge < -0.3 is 4.90 Å². The van der Waals surface area contributed by atoms with Gasteiger partial charge in [-0.05, 0) is 12.1 Å². The molecule has 17 heavy (non-hydrogen) atoms. The SMILES string of the molecule is CN(CC(F)F)C(=O)c1cc(F)c(F)c(F)c1. The number of halogens is 5. The molecule has 0 aliphatic heterocycles. The first-order valence-corrected chi connectivity index (χ1v) is 4.51. The van der Waals surface area contributed by atoms with Gasteiger partial charge in [-0.3, -0.25) is 4.79 Å².